The van der Waals surface area contributed by atoms with Crippen LogP contribution in [0.25, 0.3) is 0 Å². The lowest BCUT2D eigenvalue weighted by molar-refractivity contribution is 0.842. The molecule has 0 amide bonds. The maximum Gasteiger partial charge on any atom is 0.135 e. The molecule has 0 spiro atoms. The van der Waals surface area contributed by atoms with Gasteiger partial charge in [-0.1, -0.05) is 26.0 Å². The molecule has 4 nitrogen and oxygen atoms in total. The average Bonchev–Trinajstić information content (AvgIpc) is 2.49. The second-order valence-electron chi connectivity index (χ2n) is 5.34. The van der Waals surface area contributed by atoms with Gasteiger partial charge in [0, 0.05) is 24.8 Å². The fourth-order valence-corrected chi connectivity index (χ4v) is 2.24. The molecular weight excluding hydrogens is 260 g/mol. The Morgan fingerprint density at radius 3 is 2.29 bits per heavy atom. The van der Waals surface area contributed by atoms with Crippen LogP contribution in [0, 0.1) is 0 Å². The topological polar surface area (TPSA) is 41.0 Å². The Morgan fingerprint density at radius 2 is 1.71 bits per heavy atom. The molecule has 0 saturated heterocycles. The van der Waals surface area contributed by atoms with Gasteiger partial charge in [-0.2, -0.15) is 0 Å². The van der Waals surface area contributed by atoms with Gasteiger partial charge in [-0.3, -0.25) is 0 Å². The predicted molar refractivity (Wildman–Crippen MR) is 89.4 cm³/mol. The van der Waals surface area contributed by atoms with Crippen molar-refractivity contribution >= 4 is 17.3 Å². The normalized spacial score (nSPS) is 10.7. The van der Waals surface area contributed by atoms with E-state index in [0.717, 1.165) is 30.4 Å². The molecule has 0 bridgehead atoms. The summed E-state index contributed by atoms with van der Waals surface area (Å²) in [5, 5.41) is 3.34. The molecule has 1 aromatic heterocycles. The zero-order chi connectivity index (χ0) is 15.2. The molecule has 0 unspecified atom stereocenters. The average molecular weight is 284 g/mol. The second-order valence-corrected chi connectivity index (χ2v) is 5.34. The van der Waals surface area contributed by atoms with Crippen LogP contribution in [0.5, 0.6) is 0 Å². The van der Waals surface area contributed by atoms with E-state index in [0.29, 0.717) is 5.92 Å². The smallest absolute Gasteiger partial charge is 0.135 e. The SMILES string of the molecule is CCN(CC)c1cc(Nc2ccc(C(C)C)cc2)ncn1. The van der Waals surface area contributed by atoms with Crippen molar-refractivity contribution in [2.24, 2.45) is 0 Å². The summed E-state index contributed by atoms with van der Waals surface area (Å²) in [7, 11) is 0. The summed E-state index contributed by atoms with van der Waals surface area (Å²) in [6, 6.07) is 10.5. The van der Waals surface area contributed by atoms with Gasteiger partial charge < -0.3 is 10.2 Å². The number of nitrogens with one attached hydrogen (secondary N) is 1. The zero-order valence-corrected chi connectivity index (χ0v) is 13.3. The molecule has 4 heteroatoms. The van der Waals surface area contributed by atoms with Crippen molar-refractivity contribution in [1.82, 2.24) is 9.97 Å². The van der Waals surface area contributed by atoms with Crippen LogP contribution < -0.4 is 10.2 Å². The van der Waals surface area contributed by atoms with Gasteiger partial charge in [-0.25, -0.2) is 9.97 Å². The van der Waals surface area contributed by atoms with Crippen molar-refractivity contribution < 1.29 is 0 Å². The van der Waals surface area contributed by atoms with E-state index in [9.17, 15) is 0 Å². The van der Waals surface area contributed by atoms with Crippen molar-refractivity contribution in [1.29, 1.82) is 0 Å². The lowest BCUT2D eigenvalue weighted by Crippen LogP contribution is -2.23. The van der Waals surface area contributed by atoms with E-state index in [2.05, 4.69) is 72.1 Å². The third-order valence-corrected chi connectivity index (χ3v) is 3.59. The minimum absolute atomic E-state index is 0.548. The lowest BCUT2D eigenvalue weighted by Gasteiger charge is -2.20. The Labute approximate surface area is 127 Å². The van der Waals surface area contributed by atoms with E-state index in [1.807, 2.05) is 6.07 Å². The lowest BCUT2D eigenvalue weighted by atomic mass is 10.0. The van der Waals surface area contributed by atoms with E-state index < -0.39 is 0 Å². The van der Waals surface area contributed by atoms with Crippen molar-refractivity contribution in [3.05, 3.63) is 42.2 Å². The number of benzene rings is 1. The first-order chi connectivity index (χ1) is 10.1. The highest BCUT2D eigenvalue weighted by Crippen LogP contribution is 2.21. The number of rotatable bonds is 6. The maximum absolute atomic E-state index is 4.34. The highest BCUT2D eigenvalue weighted by molar-refractivity contribution is 5.59. The molecule has 0 aliphatic carbocycles. The standard InChI is InChI=1S/C17H24N4/c1-5-21(6-2)17-11-16(18-12-19-17)20-15-9-7-14(8-10-15)13(3)4/h7-13H,5-6H2,1-4H3,(H,18,19,20). The summed E-state index contributed by atoms with van der Waals surface area (Å²) < 4.78 is 0. The Bertz CT molecular complexity index is 559. The molecule has 112 valence electrons. The molecule has 2 rings (SSSR count). The van der Waals surface area contributed by atoms with Gasteiger partial charge in [0.05, 0.1) is 0 Å². The maximum atomic E-state index is 4.34. The zero-order valence-electron chi connectivity index (χ0n) is 13.3. The van der Waals surface area contributed by atoms with E-state index >= 15 is 0 Å². The first-order valence-corrected chi connectivity index (χ1v) is 7.58. The summed E-state index contributed by atoms with van der Waals surface area (Å²) in [6.45, 7) is 10.5. The molecular formula is C17H24N4. The largest absolute Gasteiger partial charge is 0.357 e. The third-order valence-electron chi connectivity index (χ3n) is 3.59. The van der Waals surface area contributed by atoms with Crippen LogP contribution >= 0.6 is 0 Å². The van der Waals surface area contributed by atoms with Gasteiger partial charge in [0.2, 0.25) is 0 Å². The van der Waals surface area contributed by atoms with Gasteiger partial charge in [-0.05, 0) is 37.5 Å². The molecule has 1 aromatic carbocycles. The molecule has 0 aliphatic heterocycles. The molecule has 1 heterocycles. The molecule has 0 atom stereocenters. The van der Waals surface area contributed by atoms with Crippen LogP contribution in [0.2, 0.25) is 0 Å². The highest BCUT2D eigenvalue weighted by Gasteiger charge is 2.05. The van der Waals surface area contributed by atoms with Crippen LogP contribution in [0.3, 0.4) is 0 Å². The monoisotopic (exact) mass is 284 g/mol. The fourth-order valence-electron chi connectivity index (χ4n) is 2.24. The second kappa shape index (κ2) is 7.07. The van der Waals surface area contributed by atoms with Gasteiger partial charge >= 0.3 is 0 Å². The van der Waals surface area contributed by atoms with Crippen LogP contribution in [0.1, 0.15) is 39.2 Å². The number of hydrogen-bond acceptors (Lipinski definition) is 4. The predicted octanol–water partition coefficient (Wildman–Crippen LogP) is 4.19. The van der Waals surface area contributed by atoms with Crippen molar-refractivity contribution in [2.45, 2.75) is 33.6 Å². The fraction of sp³-hybridized carbons (Fsp3) is 0.412. The summed E-state index contributed by atoms with van der Waals surface area (Å²) >= 11 is 0. The number of aromatic nitrogens is 2. The van der Waals surface area contributed by atoms with E-state index in [-0.39, 0.29) is 0 Å². The summed E-state index contributed by atoms with van der Waals surface area (Å²) in [5.74, 6) is 2.33. The minimum Gasteiger partial charge on any atom is -0.357 e. The first-order valence-electron chi connectivity index (χ1n) is 7.58. The Balaban J connectivity index is 2.14. The number of hydrogen-bond donors (Lipinski definition) is 1. The minimum atomic E-state index is 0.548. The van der Waals surface area contributed by atoms with E-state index in [1.165, 1.54) is 5.56 Å². The number of nitrogens with zero attached hydrogens (tertiary/aromatic N) is 3. The van der Waals surface area contributed by atoms with Gasteiger partial charge in [-0.15, -0.1) is 0 Å². The Kier molecular flexibility index (Phi) is 5.14. The van der Waals surface area contributed by atoms with Crippen LogP contribution in [-0.2, 0) is 0 Å². The van der Waals surface area contributed by atoms with Gasteiger partial charge in [0.25, 0.3) is 0 Å². The summed E-state index contributed by atoms with van der Waals surface area (Å²) in [6.07, 6.45) is 1.61. The summed E-state index contributed by atoms with van der Waals surface area (Å²) in [5.41, 5.74) is 2.38. The Hall–Kier alpha value is -2.10. The molecule has 2 aromatic rings. The Morgan fingerprint density at radius 1 is 1.05 bits per heavy atom. The third kappa shape index (κ3) is 3.94. The van der Waals surface area contributed by atoms with Crippen molar-refractivity contribution in [3.63, 3.8) is 0 Å². The van der Waals surface area contributed by atoms with Crippen molar-refractivity contribution in [3.8, 4) is 0 Å². The van der Waals surface area contributed by atoms with Crippen LogP contribution in [0.4, 0.5) is 17.3 Å². The van der Waals surface area contributed by atoms with E-state index in [1.54, 1.807) is 6.33 Å². The quantitative estimate of drug-likeness (QED) is 0.863. The van der Waals surface area contributed by atoms with Crippen LogP contribution in [-0.4, -0.2) is 23.1 Å². The van der Waals surface area contributed by atoms with Crippen LogP contribution in [0.15, 0.2) is 36.7 Å². The highest BCUT2D eigenvalue weighted by atomic mass is 15.2. The molecule has 21 heavy (non-hydrogen) atoms. The first kappa shape index (κ1) is 15.3. The van der Waals surface area contributed by atoms with Gasteiger partial charge in [0.1, 0.15) is 18.0 Å². The molecule has 0 fully saturated rings. The van der Waals surface area contributed by atoms with E-state index in [4.69, 9.17) is 0 Å². The molecule has 0 saturated carbocycles. The molecule has 0 radical (unpaired) electrons. The molecule has 1 N–H and O–H groups in total. The van der Waals surface area contributed by atoms with Crippen molar-refractivity contribution in [2.75, 3.05) is 23.3 Å². The van der Waals surface area contributed by atoms with Gasteiger partial charge in [0.15, 0.2) is 0 Å². The molecule has 0 aliphatic rings. The number of anilines is 3. The summed E-state index contributed by atoms with van der Waals surface area (Å²) in [4.78, 5) is 10.8.